The zero-order chi connectivity index (χ0) is 30.9. The van der Waals surface area contributed by atoms with Gasteiger partial charge in [-0.2, -0.15) is 0 Å². The van der Waals surface area contributed by atoms with E-state index in [4.69, 9.17) is 9.47 Å². The van der Waals surface area contributed by atoms with Crippen LogP contribution in [0.15, 0.2) is 120 Å². The van der Waals surface area contributed by atoms with Crippen molar-refractivity contribution in [3.8, 4) is 11.5 Å². The van der Waals surface area contributed by atoms with E-state index >= 15 is 0 Å². The van der Waals surface area contributed by atoms with E-state index in [-0.39, 0.29) is 29.8 Å². The topological polar surface area (TPSA) is 59.6 Å². The van der Waals surface area contributed by atoms with Crippen molar-refractivity contribution in [1.29, 1.82) is 0 Å². The second-order valence-corrected chi connectivity index (χ2v) is 13.6. The van der Waals surface area contributed by atoms with E-state index in [1.807, 2.05) is 42.8 Å². The third-order valence-electron chi connectivity index (χ3n) is 8.93. The van der Waals surface area contributed by atoms with Crippen molar-refractivity contribution in [2.45, 2.75) is 24.0 Å². The predicted molar refractivity (Wildman–Crippen MR) is 193 cm³/mol. The van der Waals surface area contributed by atoms with Crippen LogP contribution in [0, 0.1) is 11.8 Å². The monoisotopic (exact) mass is 668 g/mol. The van der Waals surface area contributed by atoms with Gasteiger partial charge in [0.1, 0.15) is 17.1 Å². The normalized spacial score (nSPS) is 22.7. The number of fused-ring (bicyclic) bond motifs is 2. The second kappa shape index (κ2) is 13.5. The van der Waals surface area contributed by atoms with Crippen molar-refractivity contribution in [3.63, 3.8) is 0 Å². The van der Waals surface area contributed by atoms with Gasteiger partial charge in [0.05, 0.1) is 5.92 Å². The fraction of sp³-hybridized carbons (Fsp3) is 0.237. The molecule has 4 aromatic carbocycles. The molecule has 0 unspecified atom stereocenters. The van der Waals surface area contributed by atoms with Crippen LogP contribution < -0.4 is 20.1 Å². The molecule has 2 N–H and O–H groups in total. The minimum atomic E-state index is -0.529. The van der Waals surface area contributed by atoms with Gasteiger partial charge in [-0.05, 0) is 52.8 Å². The molecular weight excluding hydrogens is 632 g/mol. The Morgan fingerprint density at radius 2 is 1.22 bits per heavy atom. The molecule has 0 saturated heterocycles. The summed E-state index contributed by atoms with van der Waals surface area (Å²) in [6.45, 7) is 0.989. The van der Waals surface area contributed by atoms with Gasteiger partial charge in [0.15, 0.2) is 5.60 Å². The maximum Gasteiger partial charge on any atom is 0.227 e. The minimum absolute atomic E-state index is 0. The van der Waals surface area contributed by atoms with Gasteiger partial charge in [-0.3, -0.25) is 4.79 Å². The number of halogens is 1. The maximum absolute atomic E-state index is 12.2. The summed E-state index contributed by atoms with van der Waals surface area (Å²) in [5, 5.41) is 14.9. The average molecular weight is 669 g/mol. The van der Waals surface area contributed by atoms with Crippen molar-refractivity contribution >= 4 is 62.5 Å². The van der Waals surface area contributed by atoms with Crippen LogP contribution >= 0.6 is 35.1 Å². The minimum Gasteiger partial charge on any atom is -0.481 e. The standard InChI is InChI=1S/C19H17NO2S.C19H19NOS.ClH/c1-20-18(21)15-12-19(15,17-10-5-11-23-17)22-16-9-4-7-13-6-2-3-8-14(13)16;1-20-13-15-12-19(15,18-10-5-11-22-18)21-17-9-4-7-14-6-2-3-8-16(14)17;/h2-11,15H,12H2,1H3,(H,20,21);2-11,15,20H,12-13H2,1H3;1H/t2*15-,19-;/m11./s1. The molecule has 2 saturated carbocycles. The van der Waals surface area contributed by atoms with Crippen LogP contribution in [-0.4, -0.2) is 26.5 Å². The molecule has 2 heterocycles. The number of amides is 1. The van der Waals surface area contributed by atoms with Gasteiger partial charge in [-0.25, -0.2) is 0 Å². The Balaban J connectivity index is 0.000000158. The lowest BCUT2D eigenvalue weighted by Crippen LogP contribution is -2.28. The summed E-state index contributed by atoms with van der Waals surface area (Å²) in [4.78, 5) is 14.6. The molecule has 6 aromatic rings. The molecule has 0 spiro atoms. The average Bonchev–Trinajstić information content (AvgIpc) is 3.69. The van der Waals surface area contributed by atoms with Crippen molar-refractivity contribution in [2.75, 3.05) is 20.6 Å². The van der Waals surface area contributed by atoms with Crippen LogP contribution in [0.25, 0.3) is 21.5 Å². The zero-order valence-corrected chi connectivity index (χ0v) is 28.2. The van der Waals surface area contributed by atoms with Gasteiger partial charge < -0.3 is 20.1 Å². The van der Waals surface area contributed by atoms with E-state index < -0.39 is 5.60 Å². The molecule has 8 heteroatoms. The van der Waals surface area contributed by atoms with E-state index in [1.165, 1.54) is 15.6 Å². The van der Waals surface area contributed by atoms with Gasteiger partial charge in [0, 0.05) is 52.9 Å². The molecule has 1 amide bonds. The van der Waals surface area contributed by atoms with Crippen LogP contribution in [0.2, 0.25) is 0 Å². The van der Waals surface area contributed by atoms with Gasteiger partial charge >= 0.3 is 0 Å². The molecule has 2 aliphatic carbocycles. The van der Waals surface area contributed by atoms with Gasteiger partial charge in [0.25, 0.3) is 0 Å². The molecule has 0 bridgehead atoms. The van der Waals surface area contributed by atoms with E-state index in [2.05, 4.69) is 94.9 Å². The summed E-state index contributed by atoms with van der Waals surface area (Å²) in [6, 6.07) is 37.3. The Hall–Kier alpha value is -3.88. The number of hydrogen-bond donors (Lipinski definition) is 2. The lowest BCUT2D eigenvalue weighted by Gasteiger charge is -2.20. The number of ether oxygens (including phenoxy) is 2. The van der Waals surface area contributed by atoms with Crippen LogP contribution in [0.4, 0.5) is 0 Å². The third kappa shape index (κ3) is 6.00. The molecule has 4 atom stereocenters. The summed E-state index contributed by atoms with van der Waals surface area (Å²) in [6.07, 6.45) is 1.80. The van der Waals surface area contributed by atoms with E-state index in [0.717, 1.165) is 46.5 Å². The highest BCUT2D eigenvalue weighted by Gasteiger charge is 2.63. The Kier molecular flexibility index (Phi) is 9.39. The van der Waals surface area contributed by atoms with Crippen molar-refractivity contribution < 1.29 is 14.3 Å². The lowest BCUT2D eigenvalue weighted by molar-refractivity contribution is -0.123. The van der Waals surface area contributed by atoms with Crippen LogP contribution in [0.5, 0.6) is 11.5 Å². The highest BCUT2D eigenvalue weighted by molar-refractivity contribution is 7.10. The van der Waals surface area contributed by atoms with E-state index in [0.29, 0.717) is 5.92 Å². The molecule has 5 nitrogen and oxygen atoms in total. The number of hydrogen-bond acceptors (Lipinski definition) is 6. The molecule has 8 rings (SSSR count). The highest BCUT2D eigenvalue weighted by atomic mass is 35.5. The third-order valence-corrected chi connectivity index (χ3v) is 11.0. The first-order chi connectivity index (χ1) is 22.1. The number of thiophene rings is 2. The molecule has 0 aliphatic heterocycles. The predicted octanol–water partition coefficient (Wildman–Crippen LogP) is 8.78. The Labute approximate surface area is 284 Å². The first kappa shape index (κ1) is 32.1. The smallest absolute Gasteiger partial charge is 0.227 e. The Morgan fingerprint density at radius 3 is 1.74 bits per heavy atom. The van der Waals surface area contributed by atoms with Crippen molar-refractivity contribution in [1.82, 2.24) is 10.6 Å². The number of carbonyl (C=O) groups is 1. The van der Waals surface area contributed by atoms with Crippen molar-refractivity contribution in [3.05, 3.63) is 130 Å². The second-order valence-electron chi connectivity index (χ2n) is 11.7. The van der Waals surface area contributed by atoms with E-state index in [1.54, 1.807) is 29.7 Å². The highest BCUT2D eigenvalue weighted by Crippen LogP contribution is 2.58. The molecular formula is C38H37ClN2O3S2. The zero-order valence-electron chi connectivity index (χ0n) is 25.8. The van der Waals surface area contributed by atoms with Crippen LogP contribution in [-0.2, 0) is 16.0 Å². The Morgan fingerprint density at radius 1 is 0.696 bits per heavy atom. The first-order valence-electron chi connectivity index (χ1n) is 15.4. The molecule has 2 fully saturated rings. The summed E-state index contributed by atoms with van der Waals surface area (Å²) >= 11 is 3.44. The number of nitrogens with one attached hydrogen (secondary N) is 2. The van der Waals surface area contributed by atoms with Gasteiger partial charge in [-0.1, -0.05) is 84.9 Å². The van der Waals surface area contributed by atoms with Gasteiger partial charge in [-0.15, -0.1) is 35.1 Å². The molecule has 2 aliphatic rings. The number of rotatable bonds is 9. The molecule has 46 heavy (non-hydrogen) atoms. The number of benzene rings is 4. The Bertz CT molecular complexity index is 1920. The fourth-order valence-corrected chi connectivity index (χ4v) is 8.31. The summed E-state index contributed by atoms with van der Waals surface area (Å²) in [5.74, 6) is 2.27. The molecule has 0 radical (unpaired) electrons. The lowest BCUT2D eigenvalue weighted by atomic mass is 10.1. The quantitative estimate of drug-likeness (QED) is 0.162. The fourth-order valence-electron chi connectivity index (χ4n) is 6.43. The van der Waals surface area contributed by atoms with E-state index in [9.17, 15) is 4.79 Å². The first-order valence-corrected chi connectivity index (χ1v) is 17.1. The van der Waals surface area contributed by atoms with Crippen molar-refractivity contribution in [2.24, 2.45) is 11.8 Å². The van der Waals surface area contributed by atoms with Crippen LogP contribution in [0.1, 0.15) is 22.6 Å². The van der Waals surface area contributed by atoms with Gasteiger partial charge in [0.2, 0.25) is 5.91 Å². The van der Waals surface area contributed by atoms with Crippen LogP contribution in [0.3, 0.4) is 0 Å². The molecule has 2 aromatic heterocycles. The maximum atomic E-state index is 12.2. The largest absolute Gasteiger partial charge is 0.481 e. The summed E-state index contributed by atoms with van der Waals surface area (Å²) in [7, 11) is 3.69. The summed E-state index contributed by atoms with van der Waals surface area (Å²) in [5.41, 5.74) is -0.681. The SMILES string of the molecule is CNC(=O)[C@H]1C[C@]1(Oc1cccc2ccccc12)c1cccs1.CNC[C@H]1C[C@]1(Oc1cccc2ccccc12)c1cccs1.Cl. The summed E-state index contributed by atoms with van der Waals surface area (Å²) < 4.78 is 13.1. The number of carbonyl (C=O) groups excluding carboxylic acids is 1. The molecule has 236 valence electrons.